The molecule has 27 heavy (non-hydrogen) atoms. The number of thiophene rings is 1. The van der Waals surface area contributed by atoms with Crippen molar-refractivity contribution in [3.8, 4) is 0 Å². The van der Waals surface area contributed by atoms with Crippen LogP contribution in [0.1, 0.15) is 53.4 Å². The Morgan fingerprint density at radius 3 is 2.78 bits per heavy atom. The lowest BCUT2D eigenvalue weighted by Crippen LogP contribution is -2.33. The summed E-state index contributed by atoms with van der Waals surface area (Å²) in [7, 11) is 0. The maximum Gasteiger partial charge on any atom is 0.220 e. The number of carbonyl (C=O) groups is 2. The molecule has 0 aliphatic carbocycles. The summed E-state index contributed by atoms with van der Waals surface area (Å²) in [6.45, 7) is 5.21. The lowest BCUT2D eigenvalue weighted by atomic mass is 9.92. The van der Waals surface area contributed by atoms with Crippen LogP contribution >= 0.6 is 11.3 Å². The first-order chi connectivity index (χ1) is 13.1. The number of nitrogens with zero attached hydrogens (tertiary/aromatic N) is 2. The van der Waals surface area contributed by atoms with E-state index in [4.69, 9.17) is 0 Å². The van der Waals surface area contributed by atoms with Crippen molar-refractivity contribution >= 4 is 23.0 Å². The predicted molar refractivity (Wildman–Crippen MR) is 108 cm³/mol. The number of likely N-dealkylation sites (tertiary alicyclic amines) is 1. The maximum absolute atomic E-state index is 12.1. The molecule has 1 aliphatic heterocycles. The average molecular weight is 386 g/mol. The number of nitrogens with one attached hydrogen (secondary N) is 1. The summed E-state index contributed by atoms with van der Waals surface area (Å²) in [6.07, 6.45) is 7.34. The maximum atomic E-state index is 12.1. The fourth-order valence-corrected chi connectivity index (χ4v) is 4.27. The van der Waals surface area contributed by atoms with Gasteiger partial charge in [-0.25, -0.2) is 0 Å². The second-order valence-corrected chi connectivity index (χ2v) is 8.18. The monoisotopic (exact) mass is 385 g/mol. The van der Waals surface area contributed by atoms with Crippen molar-refractivity contribution in [2.24, 2.45) is 5.92 Å². The van der Waals surface area contributed by atoms with Crippen LogP contribution in [-0.4, -0.2) is 34.7 Å². The Kier molecular flexibility index (Phi) is 7.12. The van der Waals surface area contributed by atoms with Crippen molar-refractivity contribution in [2.75, 3.05) is 13.1 Å². The van der Waals surface area contributed by atoms with Gasteiger partial charge in [0.1, 0.15) is 0 Å². The van der Waals surface area contributed by atoms with Crippen LogP contribution < -0.4 is 5.32 Å². The number of amides is 1. The van der Waals surface area contributed by atoms with E-state index in [-0.39, 0.29) is 11.7 Å². The molecule has 2 aromatic rings. The van der Waals surface area contributed by atoms with Gasteiger partial charge in [0.15, 0.2) is 5.78 Å². The molecule has 1 N–H and O–H groups in total. The molecule has 2 aromatic heterocycles. The van der Waals surface area contributed by atoms with Crippen molar-refractivity contribution in [3.63, 3.8) is 0 Å². The summed E-state index contributed by atoms with van der Waals surface area (Å²) in [6, 6.07) is 5.87. The largest absolute Gasteiger partial charge is 0.352 e. The minimum atomic E-state index is 0.122. The molecule has 0 radical (unpaired) electrons. The molecule has 1 amide bonds. The Bertz CT molecular complexity index is 752. The molecular weight excluding hydrogens is 358 g/mol. The number of rotatable bonds is 8. The van der Waals surface area contributed by atoms with E-state index >= 15 is 0 Å². The molecule has 144 valence electrons. The van der Waals surface area contributed by atoms with Gasteiger partial charge in [0.05, 0.1) is 4.88 Å². The molecule has 0 aromatic carbocycles. The number of carbonyl (C=O) groups excluding carboxylic acids is 2. The summed E-state index contributed by atoms with van der Waals surface area (Å²) < 4.78 is 0. The fourth-order valence-electron chi connectivity index (χ4n) is 3.46. The van der Waals surface area contributed by atoms with Crippen LogP contribution in [0.25, 0.3) is 0 Å². The molecule has 0 atom stereocenters. The van der Waals surface area contributed by atoms with Gasteiger partial charge in [0, 0.05) is 31.9 Å². The standard InChI is InChI=1S/C21H27N3O2S/c1-16(25)20-11-19(15-27-20)14-24-9-6-17(7-10-24)4-5-21(26)23-13-18-3-2-8-22-12-18/h2-3,8,11-12,15,17H,4-7,9-10,13-14H2,1H3,(H,23,26). The van der Waals surface area contributed by atoms with Crippen LogP contribution in [0.5, 0.6) is 0 Å². The normalized spacial score (nSPS) is 15.6. The summed E-state index contributed by atoms with van der Waals surface area (Å²) in [5, 5.41) is 5.07. The summed E-state index contributed by atoms with van der Waals surface area (Å²) in [5.74, 6) is 0.892. The first-order valence-corrected chi connectivity index (χ1v) is 10.4. The zero-order chi connectivity index (χ0) is 19.1. The third-order valence-electron chi connectivity index (χ3n) is 5.11. The van der Waals surface area contributed by atoms with Crippen LogP contribution in [0.15, 0.2) is 36.0 Å². The molecule has 0 unspecified atom stereocenters. The van der Waals surface area contributed by atoms with E-state index in [1.807, 2.05) is 18.2 Å². The molecule has 5 nitrogen and oxygen atoms in total. The summed E-state index contributed by atoms with van der Waals surface area (Å²) in [4.78, 5) is 30.8. The van der Waals surface area contributed by atoms with Gasteiger partial charge < -0.3 is 5.32 Å². The lowest BCUT2D eigenvalue weighted by Gasteiger charge is -2.31. The van der Waals surface area contributed by atoms with Gasteiger partial charge in [0.2, 0.25) is 5.91 Å². The molecule has 3 heterocycles. The third-order valence-corrected chi connectivity index (χ3v) is 6.19. The minimum absolute atomic E-state index is 0.122. The van der Waals surface area contributed by atoms with Crippen LogP contribution in [-0.2, 0) is 17.9 Å². The van der Waals surface area contributed by atoms with E-state index in [0.717, 1.165) is 49.3 Å². The van der Waals surface area contributed by atoms with Crippen molar-refractivity contribution < 1.29 is 9.59 Å². The van der Waals surface area contributed by atoms with E-state index in [9.17, 15) is 9.59 Å². The van der Waals surface area contributed by atoms with Gasteiger partial charge in [-0.15, -0.1) is 11.3 Å². The van der Waals surface area contributed by atoms with Gasteiger partial charge >= 0.3 is 0 Å². The summed E-state index contributed by atoms with van der Waals surface area (Å²) in [5.41, 5.74) is 2.26. The Labute approximate surface area is 164 Å². The number of hydrogen-bond acceptors (Lipinski definition) is 5. The zero-order valence-electron chi connectivity index (χ0n) is 15.8. The molecule has 6 heteroatoms. The first kappa shape index (κ1) is 19.7. The second kappa shape index (κ2) is 9.76. The van der Waals surface area contributed by atoms with Gasteiger partial charge in [0.25, 0.3) is 0 Å². The number of pyridine rings is 1. The Morgan fingerprint density at radius 1 is 1.30 bits per heavy atom. The van der Waals surface area contributed by atoms with E-state index in [1.165, 1.54) is 16.9 Å². The Hall–Kier alpha value is -2.05. The van der Waals surface area contributed by atoms with Crippen LogP contribution in [0.4, 0.5) is 0 Å². The quantitative estimate of drug-likeness (QED) is 0.705. The number of Topliss-reactive ketones (excluding diaryl/α,β-unsaturated/α-hetero) is 1. The smallest absolute Gasteiger partial charge is 0.220 e. The van der Waals surface area contributed by atoms with E-state index in [0.29, 0.717) is 18.9 Å². The number of ketones is 1. The second-order valence-electron chi connectivity index (χ2n) is 7.27. The molecule has 1 fully saturated rings. The third kappa shape index (κ3) is 6.26. The van der Waals surface area contributed by atoms with Gasteiger partial charge in [-0.05, 0) is 73.8 Å². The molecular formula is C21H27N3O2S. The van der Waals surface area contributed by atoms with Crippen LogP contribution in [0, 0.1) is 5.92 Å². The van der Waals surface area contributed by atoms with Gasteiger partial charge in [-0.3, -0.25) is 19.5 Å². The fraction of sp³-hybridized carbons (Fsp3) is 0.476. The molecule has 0 spiro atoms. The number of hydrogen-bond donors (Lipinski definition) is 1. The SMILES string of the molecule is CC(=O)c1cc(CN2CCC(CCC(=O)NCc3cccnc3)CC2)cs1. The highest BCUT2D eigenvalue weighted by molar-refractivity contribution is 7.12. The Morgan fingerprint density at radius 2 is 2.11 bits per heavy atom. The van der Waals surface area contributed by atoms with E-state index in [1.54, 1.807) is 19.3 Å². The molecule has 3 rings (SSSR count). The van der Waals surface area contributed by atoms with Crippen molar-refractivity contribution in [1.82, 2.24) is 15.2 Å². The first-order valence-electron chi connectivity index (χ1n) is 9.56. The van der Waals surface area contributed by atoms with Crippen LogP contribution in [0.3, 0.4) is 0 Å². The lowest BCUT2D eigenvalue weighted by molar-refractivity contribution is -0.121. The zero-order valence-corrected chi connectivity index (χ0v) is 16.6. The number of piperidine rings is 1. The summed E-state index contributed by atoms with van der Waals surface area (Å²) >= 11 is 1.54. The highest BCUT2D eigenvalue weighted by Crippen LogP contribution is 2.24. The van der Waals surface area contributed by atoms with Gasteiger partial charge in [-0.2, -0.15) is 0 Å². The van der Waals surface area contributed by atoms with E-state index in [2.05, 4.69) is 20.6 Å². The van der Waals surface area contributed by atoms with E-state index < -0.39 is 0 Å². The highest BCUT2D eigenvalue weighted by Gasteiger charge is 2.20. The molecule has 1 saturated heterocycles. The molecule has 0 bridgehead atoms. The molecule has 1 aliphatic rings. The highest BCUT2D eigenvalue weighted by atomic mass is 32.1. The van der Waals surface area contributed by atoms with Crippen LogP contribution in [0.2, 0.25) is 0 Å². The number of aromatic nitrogens is 1. The topological polar surface area (TPSA) is 62.3 Å². The van der Waals surface area contributed by atoms with Crippen molar-refractivity contribution in [2.45, 2.75) is 45.7 Å². The van der Waals surface area contributed by atoms with Crippen molar-refractivity contribution in [1.29, 1.82) is 0 Å². The van der Waals surface area contributed by atoms with Gasteiger partial charge in [-0.1, -0.05) is 6.07 Å². The average Bonchev–Trinajstić information content (AvgIpc) is 3.15. The van der Waals surface area contributed by atoms with Crippen molar-refractivity contribution in [3.05, 3.63) is 52.0 Å². The predicted octanol–water partition coefficient (Wildman–Crippen LogP) is 3.65. The Balaban J connectivity index is 1.33. The minimum Gasteiger partial charge on any atom is -0.352 e. The molecule has 0 saturated carbocycles.